The van der Waals surface area contributed by atoms with Gasteiger partial charge in [0.15, 0.2) is 0 Å². The summed E-state index contributed by atoms with van der Waals surface area (Å²) in [7, 11) is 0. The van der Waals surface area contributed by atoms with Crippen LogP contribution in [0.1, 0.15) is 10.9 Å². The van der Waals surface area contributed by atoms with Gasteiger partial charge in [0.05, 0.1) is 10.3 Å². The van der Waals surface area contributed by atoms with Crippen LogP contribution in [0.3, 0.4) is 0 Å². The molecule has 1 aliphatic rings. The molecule has 0 fully saturated rings. The maximum atomic E-state index is 13.3. The summed E-state index contributed by atoms with van der Waals surface area (Å²) in [4.78, 5) is 11.0. The summed E-state index contributed by atoms with van der Waals surface area (Å²) in [5, 5.41) is -2.43. The van der Waals surface area contributed by atoms with Gasteiger partial charge >= 0.3 is 0 Å². The van der Waals surface area contributed by atoms with Gasteiger partial charge in [0, 0.05) is 5.56 Å². The second-order valence-corrected chi connectivity index (χ2v) is 5.01. The third-order valence-electron chi connectivity index (χ3n) is 2.10. The molecule has 1 nitrogen and oxygen atoms in total. The Morgan fingerprint density at radius 1 is 1.33 bits per heavy atom. The lowest BCUT2D eigenvalue weighted by Crippen LogP contribution is -2.12. The van der Waals surface area contributed by atoms with Crippen LogP contribution in [-0.4, -0.2) is 10.5 Å². The second-order valence-electron chi connectivity index (χ2n) is 3.02. The van der Waals surface area contributed by atoms with Gasteiger partial charge in [-0.2, -0.15) is 0 Å². The predicted octanol–water partition coefficient (Wildman–Crippen LogP) is 3.48. The van der Waals surface area contributed by atoms with Crippen molar-refractivity contribution in [3.05, 3.63) is 29.3 Å². The number of carbonyl (C=O) groups is 1. The van der Waals surface area contributed by atoms with Gasteiger partial charge < -0.3 is 0 Å². The Bertz CT molecular complexity index is 438. The van der Waals surface area contributed by atoms with Gasteiger partial charge in [-0.05, 0) is 23.7 Å². The summed E-state index contributed by atoms with van der Waals surface area (Å²) in [6.45, 7) is 0. The molecule has 1 aliphatic heterocycles. The molecule has 2 unspecified atom stereocenters. The van der Waals surface area contributed by atoms with E-state index in [-0.39, 0.29) is 10.5 Å². The molecule has 6 heteroatoms. The molecule has 0 bridgehead atoms. The van der Waals surface area contributed by atoms with E-state index in [1.807, 2.05) is 0 Å². The fraction of sp³-hybridized carbons (Fsp3) is 0.222. The van der Waals surface area contributed by atoms with Gasteiger partial charge in [0.2, 0.25) is 5.24 Å². The number of thioether (sulfide) groups is 1. The van der Waals surface area contributed by atoms with Crippen molar-refractivity contribution in [1.82, 2.24) is 0 Å². The first-order valence-corrected chi connectivity index (χ1v) is 5.69. The summed E-state index contributed by atoms with van der Waals surface area (Å²) in [6, 6.07) is 2.00. The summed E-state index contributed by atoms with van der Waals surface area (Å²) in [5.74, 6) is -1.19. The molecule has 0 aromatic heterocycles. The Kier molecular flexibility index (Phi) is 2.92. The number of halogens is 4. The van der Waals surface area contributed by atoms with Crippen molar-refractivity contribution in [3.63, 3.8) is 0 Å². The molecule has 1 aromatic carbocycles. The van der Waals surface area contributed by atoms with Gasteiger partial charge in [-0.15, -0.1) is 23.4 Å². The number of rotatable bonds is 1. The Labute approximate surface area is 98.7 Å². The van der Waals surface area contributed by atoms with E-state index in [0.717, 1.165) is 23.9 Å². The van der Waals surface area contributed by atoms with E-state index in [1.54, 1.807) is 0 Å². The molecule has 15 heavy (non-hydrogen) atoms. The third-order valence-corrected chi connectivity index (χ3v) is 4.48. The number of carbonyl (C=O) groups excluding carboxylic acids is 1. The molecule has 0 saturated heterocycles. The second kappa shape index (κ2) is 3.92. The average molecular weight is 269 g/mol. The smallest absolute Gasteiger partial charge is 0.236 e. The third kappa shape index (κ3) is 1.75. The number of fused-ring (bicyclic) bond motifs is 1. The number of benzene rings is 1. The van der Waals surface area contributed by atoms with E-state index in [9.17, 15) is 13.6 Å². The molecule has 0 amide bonds. The molecule has 0 radical (unpaired) electrons. The van der Waals surface area contributed by atoms with Crippen LogP contribution >= 0.6 is 35.0 Å². The maximum absolute atomic E-state index is 13.3. The largest absolute Gasteiger partial charge is 0.280 e. The molecule has 2 atom stereocenters. The highest BCUT2D eigenvalue weighted by molar-refractivity contribution is 8.01. The molecule has 1 heterocycles. The first-order valence-electron chi connectivity index (χ1n) is 4.00. The highest BCUT2D eigenvalue weighted by atomic mass is 35.5. The van der Waals surface area contributed by atoms with Gasteiger partial charge in [-0.1, -0.05) is 0 Å². The highest BCUT2D eigenvalue weighted by Gasteiger charge is 2.39. The fourth-order valence-corrected chi connectivity index (χ4v) is 3.43. The molecule has 0 spiro atoms. The normalized spacial score (nSPS) is 24.0. The van der Waals surface area contributed by atoms with Crippen molar-refractivity contribution in [2.24, 2.45) is 0 Å². The molecular weight excluding hydrogens is 265 g/mol. The van der Waals surface area contributed by atoms with Crippen LogP contribution in [0.15, 0.2) is 17.0 Å². The monoisotopic (exact) mass is 268 g/mol. The van der Waals surface area contributed by atoms with Crippen LogP contribution < -0.4 is 0 Å². The van der Waals surface area contributed by atoms with E-state index in [1.165, 1.54) is 0 Å². The Morgan fingerprint density at radius 2 is 1.93 bits per heavy atom. The SMILES string of the molecule is O=C(Cl)C1Sc2c(F)ccc(F)c2C1Cl. The van der Waals surface area contributed by atoms with Crippen molar-refractivity contribution in [2.75, 3.05) is 0 Å². The quantitative estimate of drug-likeness (QED) is 0.573. The maximum Gasteiger partial charge on any atom is 0.236 e. The Morgan fingerprint density at radius 3 is 2.47 bits per heavy atom. The van der Waals surface area contributed by atoms with Crippen molar-refractivity contribution in [3.8, 4) is 0 Å². The van der Waals surface area contributed by atoms with Crippen LogP contribution in [0.4, 0.5) is 8.78 Å². The van der Waals surface area contributed by atoms with E-state index < -0.39 is 27.5 Å². The highest BCUT2D eigenvalue weighted by Crippen LogP contribution is 2.50. The standard InChI is InChI=1S/C9H4Cl2F2OS/c10-6-5-3(12)1-2-4(13)7(5)15-8(6)9(11)14/h1-2,6,8H. The zero-order chi connectivity index (χ0) is 11.2. The summed E-state index contributed by atoms with van der Waals surface area (Å²) < 4.78 is 26.6. The minimum Gasteiger partial charge on any atom is -0.280 e. The van der Waals surface area contributed by atoms with Gasteiger partial charge in [0.1, 0.15) is 16.9 Å². The van der Waals surface area contributed by atoms with Gasteiger partial charge in [-0.25, -0.2) is 8.78 Å². The predicted molar refractivity (Wildman–Crippen MR) is 55.5 cm³/mol. The lowest BCUT2D eigenvalue weighted by Gasteiger charge is -2.07. The Hall–Kier alpha value is -0.320. The van der Waals surface area contributed by atoms with Crippen molar-refractivity contribution in [1.29, 1.82) is 0 Å². The topological polar surface area (TPSA) is 17.1 Å². The minimum absolute atomic E-state index is 0.0284. The van der Waals surface area contributed by atoms with Crippen LogP contribution in [0.25, 0.3) is 0 Å². The first kappa shape index (κ1) is 11.2. The van der Waals surface area contributed by atoms with Crippen molar-refractivity contribution >= 4 is 40.2 Å². The van der Waals surface area contributed by atoms with Crippen LogP contribution in [0.5, 0.6) is 0 Å². The van der Waals surface area contributed by atoms with E-state index in [4.69, 9.17) is 23.2 Å². The zero-order valence-electron chi connectivity index (χ0n) is 7.14. The molecule has 2 rings (SSSR count). The minimum atomic E-state index is -0.911. The van der Waals surface area contributed by atoms with E-state index >= 15 is 0 Å². The fourth-order valence-electron chi connectivity index (χ4n) is 1.43. The van der Waals surface area contributed by atoms with Crippen molar-refractivity contribution < 1.29 is 13.6 Å². The summed E-state index contributed by atoms with van der Waals surface area (Å²) in [5.41, 5.74) is 0.0284. The molecule has 80 valence electrons. The van der Waals surface area contributed by atoms with Crippen LogP contribution in [0, 0.1) is 11.6 Å². The molecule has 1 aromatic rings. The van der Waals surface area contributed by atoms with Crippen LogP contribution in [-0.2, 0) is 4.79 Å². The van der Waals surface area contributed by atoms with Gasteiger partial charge in [0.25, 0.3) is 0 Å². The van der Waals surface area contributed by atoms with Crippen LogP contribution in [0.2, 0.25) is 0 Å². The molecule has 0 saturated carbocycles. The first-order chi connectivity index (χ1) is 7.02. The van der Waals surface area contributed by atoms with Crippen molar-refractivity contribution in [2.45, 2.75) is 15.5 Å². The summed E-state index contributed by atoms with van der Waals surface area (Å²) >= 11 is 12.0. The van der Waals surface area contributed by atoms with Gasteiger partial charge in [-0.3, -0.25) is 4.79 Å². The Balaban J connectivity index is 2.53. The average Bonchev–Trinajstić information content (AvgIpc) is 2.51. The lowest BCUT2D eigenvalue weighted by atomic mass is 10.1. The molecule has 0 N–H and O–H groups in total. The van der Waals surface area contributed by atoms with E-state index in [2.05, 4.69) is 0 Å². The summed E-state index contributed by atoms with van der Waals surface area (Å²) in [6.07, 6.45) is 0. The van der Waals surface area contributed by atoms with E-state index in [0.29, 0.717) is 0 Å². The zero-order valence-corrected chi connectivity index (χ0v) is 9.47. The number of alkyl halides is 1. The number of hydrogen-bond acceptors (Lipinski definition) is 2. The molecule has 0 aliphatic carbocycles. The lowest BCUT2D eigenvalue weighted by molar-refractivity contribution is -0.111. The number of hydrogen-bond donors (Lipinski definition) is 0. The molecular formula is C9H4Cl2F2OS.